The molecule has 3 heteroatoms. The molecule has 0 N–H and O–H groups in total. The molecule has 1 nitrogen and oxygen atoms in total. The fraction of sp³-hybridized carbons (Fsp3) is 0.227. The van der Waals surface area contributed by atoms with E-state index in [4.69, 9.17) is 4.98 Å². The lowest BCUT2D eigenvalue weighted by atomic mass is 10.0. The molecule has 4 aromatic rings. The quantitative estimate of drug-likeness (QED) is 0.428. The molecule has 2 aromatic carbocycles. The van der Waals surface area contributed by atoms with Gasteiger partial charge >= 0.3 is 0 Å². The van der Waals surface area contributed by atoms with Crippen LogP contribution in [0.5, 0.6) is 0 Å². The highest BCUT2D eigenvalue weighted by atomic mass is 32.1. The van der Waals surface area contributed by atoms with Crippen LogP contribution in [0.3, 0.4) is 0 Å². The number of benzene rings is 2. The smallest absolute Gasteiger partial charge is 0.0719 e. The number of pyridine rings is 1. The van der Waals surface area contributed by atoms with E-state index in [0.717, 1.165) is 11.6 Å². The van der Waals surface area contributed by atoms with Crippen molar-refractivity contribution in [2.75, 3.05) is 0 Å². The lowest BCUT2D eigenvalue weighted by molar-refractivity contribution is 1.11. The summed E-state index contributed by atoms with van der Waals surface area (Å²) in [5.41, 5.74) is 3.86. The number of aromatic nitrogens is 1. The second kappa shape index (κ2) is 5.79. The monoisotopic (exact) mass is 359 g/mol. The Morgan fingerprint density at radius 1 is 1.00 bits per heavy atom. The molecular weight excluding hydrogens is 338 g/mol. The summed E-state index contributed by atoms with van der Waals surface area (Å²) in [6, 6.07) is 18.3. The van der Waals surface area contributed by atoms with Gasteiger partial charge in [0.25, 0.3) is 0 Å². The van der Waals surface area contributed by atoms with Gasteiger partial charge in [-0.15, -0.1) is 11.3 Å². The van der Waals surface area contributed by atoms with Gasteiger partial charge in [0.2, 0.25) is 0 Å². The highest BCUT2D eigenvalue weighted by Gasteiger charge is 2.24. The van der Waals surface area contributed by atoms with Gasteiger partial charge in [-0.3, -0.25) is 4.98 Å². The zero-order chi connectivity index (χ0) is 17.0. The molecule has 0 atom stereocenters. The van der Waals surface area contributed by atoms with E-state index in [9.17, 15) is 0 Å². The Balaban J connectivity index is 1.73. The van der Waals surface area contributed by atoms with E-state index in [-0.39, 0.29) is 0 Å². The van der Waals surface area contributed by atoms with Crippen LogP contribution < -0.4 is 5.19 Å². The number of hydrogen-bond acceptors (Lipinski definition) is 2. The van der Waals surface area contributed by atoms with Crippen LogP contribution in [0.15, 0.2) is 54.7 Å². The summed E-state index contributed by atoms with van der Waals surface area (Å²) < 4.78 is 2.79. The number of thiophene rings is 1. The Hall–Kier alpha value is -1.97. The van der Waals surface area contributed by atoms with Crippen molar-refractivity contribution in [3.8, 4) is 11.3 Å². The van der Waals surface area contributed by atoms with E-state index in [1.54, 1.807) is 5.19 Å². The van der Waals surface area contributed by atoms with Gasteiger partial charge in [-0.05, 0) is 42.5 Å². The van der Waals surface area contributed by atoms with Crippen molar-refractivity contribution >= 4 is 45.5 Å². The molecule has 25 heavy (non-hydrogen) atoms. The Labute approximate surface area is 154 Å². The van der Waals surface area contributed by atoms with Gasteiger partial charge in [0.05, 0.1) is 14.5 Å². The highest BCUT2D eigenvalue weighted by molar-refractivity contribution is 7.26. The van der Waals surface area contributed by atoms with Crippen molar-refractivity contribution in [3.63, 3.8) is 0 Å². The lowest BCUT2D eigenvalue weighted by Gasteiger charge is -2.05. The third-order valence-corrected chi connectivity index (χ3v) is 8.19. The van der Waals surface area contributed by atoms with E-state index in [2.05, 4.69) is 61.6 Å². The van der Waals surface area contributed by atoms with Gasteiger partial charge in [-0.2, -0.15) is 0 Å². The summed E-state index contributed by atoms with van der Waals surface area (Å²) in [6.07, 6.45) is 4.65. The first-order valence-electron chi connectivity index (χ1n) is 9.12. The molecule has 5 rings (SSSR count). The molecule has 0 unspecified atom stereocenters. The van der Waals surface area contributed by atoms with Crippen LogP contribution in [0.25, 0.3) is 31.4 Å². The molecule has 0 aliphatic heterocycles. The molecule has 124 valence electrons. The van der Waals surface area contributed by atoms with Gasteiger partial charge in [0.1, 0.15) is 0 Å². The zero-order valence-corrected chi connectivity index (χ0v) is 16.6. The van der Waals surface area contributed by atoms with Gasteiger partial charge in [-0.1, -0.05) is 48.6 Å². The van der Waals surface area contributed by atoms with Crippen LogP contribution >= 0.6 is 11.3 Å². The van der Waals surface area contributed by atoms with Crippen molar-refractivity contribution in [1.82, 2.24) is 4.98 Å². The number of fused-ring (bicyclic) bond motifs is 3. The minimum Gasteiger partial charge on any atom is -0.256 e. The van der Waals surface area contributed by atoms with Crippen molar-refractivity contribution in [2.24, 2.45) is 0 Å². The molecule has 1 saturated carbocycles. The summed E-state index contributed by atoms with van der Waals surface area (Å²) in [7, 11) is -0.770. The normalized spacial score (nSPS) is 14.7. The molecule has 1 fully saturated rings. The molecule has 2 aromatic heterocycles. The van der Waals surface area contributed by atoms with E-state index in [0.29, 0.717) is 0 Å². The Kier molecular flexibility index (Phi) is 3.54. The lowest BCUT2D eigenvalue weighted by Crippen LogP contribution is -2.21. The predicted molar refractivity (Wildman–Crippen MR) is 113 cm³/mol. The predicted octanol–water partition coefficient (Wildman–Crippen LogP) is 5.69. The summed E-state index contributed by atoms with van der Waals surface area (Å²) in [5, 5.41) is 4.31. The molecule has 0 radical (unpaired) electrons. The minimum absolute atomic E-state index is 0.766. The number of nitrogens with zero attached hydrogens (tertiary/aromatic N) is 1. The fourth-order valence-corrected chi connectivity index (χ4v) is 6.02. The average molecular weight is 360 g/mol. The van der Waals surface area contributed by atoms with Gasteiger partial charge in [0.15, 0.2) is 0 Å². The van der Waals surface area contributed by atoms with Crippen LogP contribution in [-0.2, 0) is 0 Å². The number of rotatable bonds is 3. The van der Waals surface area contributed by atoms with Crippen LogP contribution in [-0.4, -0.2) is 13.8 Å². The minimum atomic E-state index is -0.770. The summed E-state index contributed by atoms with van der Waals surface area (Å²) in [4.78, 5) is 4.70. The zero-order valence-electron chi connectivity index (χ0n) is 14.6. The van der Waals surface area contributed by atoms with E-state index in [1.807, 2.05) is 17.5 Å². The van der Waals surface area contributed by atoms with E-state index in [1.165, 1.54) is 44.1 Å². The van der Waals surface area contributed by atoms with Gasteiger partial charge < -0.3 is 0 Å². The maximum Gasteiger partial charge on any atom is 0.0719 e. The molecule has 1 aliphatic carbocycles. The van der Waals surface area contributed by atoms with Crippen LogP contribution in [0.2, 0.25) is 13.1 Å². The first-order valence-corrected chi connectivity index (χ1v) is 12.8. The molecule has 0 bridgehead atoms. The summed E-state index contributed by atoms with van der Waals surface area (Å²) in [5.74, 6) is 0.766. The first-order chi connectivity index (χ1) is 12.2. The van der Waals surface area contributed by atoms with Gasteiger partial charge in [0, 0.05) is 31.9 Å². The maximum atomic E-state index is 4.70. The van der Waals surface area contributed by atoms with Crippen molar-refractivity contribution in [1.29, 1.82) is 0 Å². The maximum absolute atomic E-state index is 4.70. The van der Waals surface area contributed by atoms with Crippen LogP contribution in [0, 0.1) is 0 Å². The second-order valence-electron chi connectivity index (χ2n) is 7.44. The molecular formula is C22H21NSSi. The standard InChI is InChI=1S/C22H21NSSi/c1-25(2)16-8-9-17-18-4-3-5-19(22(18)24-21(17)13-16)20-12-15(10-11-23-20)14-6-7-14/h3-5,8-14,25H,6-7H2,1-2H3. The third kappa shape index (κ3) is 2.62. The van der Waals surface area contributed by atoms with Gasteiger partial charge in [-0.25, -0.2) is 0 Å². The summed E-state index contributed by atoms with van der Waals surface area (Å²) in [6.45, 7) is 4.79. The molecule has 0 saturated heterocycles. The Morgan fingerprint density at radius 2 is 1.88 bits per heavy atom. The highest BCUT2D eigenvalue weighted by Crippen LogP contribution is 2.42. The average Bonchev–Trinajstić information content (AvgIpc) is 3.41. The third-order valence-electron chi connectivity index (χ3n) is 5.30. The van der Waals surface area contributed by atoms with E-state index >= 15 is 0 Å². The topological polar surface area (TPSA) is 12.9 Å². The van der Waals surface area contributed by atoms with Crippen LogP contribution in [0.4, 0.5) is 0 Å². The molecule has 2 heterocycles. The Morgan fingerprint density at radius 3 is 2.68 bits per heavy atom. The molecule has 0 spiro atoms. The second-order valence-corrected chi connectivity index (χ2v) is 11.5. The van der Waals surface area contributed by atoms with Crippen molar-refractivity contribution < 1.29 is 0 Å². The van der Waals surface area contributed by atoms with Crippen molar-refractivity contribution in [3.05, 3.63) is 60.3 Å². The molecule has 1 aliphatic rings. The van der Waals surface area contributed by atoms with Crippen molar-refractivity contribution in [2.45, 2.75) is 31.9 Å². The number of hydrogen-bond donors (Lipinski definition) is 0. The SMILES string of the molecule is C[SiH](C)c1ccc2c(c1)sc1c(-c3cc(C4CC4)ccn3)cccc12. The Bertz CT molecular complexity index is 1090. The largest absolute Gasteiger partial charge is 0.256 e. The van der Waals surface area contributed by atoms with Crippen LogP contribution in [0.1, 0.15) is 24.3 Å². The first kappa shape index (κ1) is 15.3. The molecule has 0 amide bonds. The fourth-order valence-electron chi connectivity index (χ4n) is 3.64. The van der Waals surface area contributed by atoms with E-state index < -0.39 is 8.80 Å². The summed E-state index contributed by atoms with van der Waals surface area (Å²) >= 11 is 1.93.